The number of rotatable bonds is 7. The van der Waals surface area contributed by atoms with Crippen molar-refractivity contribution >= 4 is 40.5 Å². The van der Waals surface area contributed by atoms with Gasteiger partial charge in [0.25, 0.3) is 5.69 Å². The molecule has 3 rings (SSSR count). The molecule has 0 atom stereocenters. The molecule has 0 radical (unpaired) electrons. The number of thiophene rings is 1. The number of phenols is 1. The average molecular weight is 414 g/mol. The number of allylic oxidation sites excluding steroid dienone is 1. The number of aromatic hydroxyl groups is 1. The van der Waals surface area contributed by atoms with Crippen molar-refractivity contribution in [3.63, 3.8) is 0 Å². The number of nitro groups is 1. The van der Waals surface area contributed by atoms with Gasteiger partial charge in [0.15, 0.2) is 5.78 Å². The summed E-state index contributed by atoms with van der Waals surface area (Å²) in [5.74, 6) is 0.273. The summed E-state index contributed by atoms with van der Waals surface area (Å²) in [6.07, 6.45) is 3.60. The molecule has 28 heavy (non-hydrogen) atoms. The minimum Gasteiger partial charge on any atom is -0.508 e. The lowest BCUT2D eigenvalue weighted by atomic mass is 10.0. The number of halogens is 1. The maximum Gasteiger partial charge on any atom is 0.278 e. The molecule has 0 aliphatic heterocycles. The monoisotopic (exact) mass is 413 g/mol. The van der Waals surface area contributed by atoms with Gasteiger partial charge in [0.05, 0.1) is 10.5 Å². The van der Waals surface area contributed by atoms with Crippen molar-refractivity contribution in [2.45, 2.75) is 6.42 Å². The molecule has 5 nitrogen and oxygen atoms in total. The van der Waals surface area contributed by atoms with Crippen molar-refractivity contribution in [1.82, 2.24) is 0 Å². The van der Waals surface area contributed by atoms with E-state index in [1.807, 2.05) is 6.07 Å². The van der Waals surface area contributed by atoms with Gasteiger partial charge in [-0.25, -0.2) is 0 Å². The second kappa shape index (κ2) is 8.82. The van der Waals surface area contributed by atoms with Crippen LogP contribution in [0.5, 0.6) is 5.75 Å². The lowest BCUT2D eigenvalue weighted by Gasteiger charge is -2.04. The maximum atomic E-state index is 12.4. The molecule has 1 heterocycles. The molecule has 0 amide bonds. The zero-order valence-corrected chi connectivity index (χ0v) is 16.2. The Balaban J connectivity index is 1.80. The molecular weight excluding hydrogens is 398 g/mol. The Bertz CT molecular complexity index is 1060. The van der Waals surface area contributed by atoms with Crippen LogP contribution in [0.2, 0.25) is 0 Å². The quantitative estimate of drug-likeness (QED) is 0.177. The normalized spacial score (nSPS) is 11.0. The van der Waals surface area contributed by atoms with E-state index in [0.717, 1.165) is 9.75 Å². The molecule has 0 spiro atoms. The Morgan fingerprint density at radius 1 is 1.18 bits per heavy atom. The van der Waals surface area contributed by atoms with E-state index in [1.165, 1.54) is 29.5 Å². The number of ketones is 1. The Hall–Kier alpha value is -2.96. The van der Waals surface area contributed by atoms with E-state index < -0.39 is 4.92 Å². The number of aryl methyl sites for hydroxylation is 1. The van der Waals surface area contributed by atoms with Gasteiger partial charge in [-0.2, -0.15) is 0 Å². The fourth-order valence-corrected chi connectivity index (χ4v) is 3.87. The van der Waals surface area contributed by atoms with Crippen LogP contribution in [0.15, 0.2) is 60.7 Å². The predicted octanol–water partition coefficient (Wildman–Crippen LogP) is 5.71. The molecule has 142 valence electrons. The minimum absolute atomic E-state index is 0.0480. The van der Waals surface area contributed by atoms with E-state index in [9.17, 15) is 20.0 Å². The number of nitrogens with zero attached hydrogens (tertiary/aromatic N) is 1. The summed E-state index contributed by atoms with van der Waals surface area (Å²) in [5, 5.41) is 21.0. The molecule has 0 aliphatic carbocycles. The molecule has 0 unspecified atom stereocenters. The van der Waals surface area contributed by atoms with Gasteiger partial charge < -0.3 is 5.11 Å². The summed E-state index contributed by atoms with van der Waals surface area (Å²) in [5.41, 5.74) is 1.69. The molecule has 7 heteroatoms. The first kappa shape index (κ1) is 19.8. The van der Waals surface area contributed by atoms with Gasteiger partial charge in [0.1, 0.15) is 5.75 Å². The van der Waals surface area contributed by atoms with E-state index >= 15 is 0 Å². The number of para-hydroxylation sites is 1. The van der Waals surface area contributed by atoms with Crippen molar-refractivity contribution in [1.29, 1.82) is 0 Å². The van der Waals surface area contributed by atoms with Crippen molar-refractivity contribution in [2.75, 3.05) is 5.88 Å². The summed E-state index contributed by atoms with van der Waals surface area (Å²) < 4.78 is 0. The molecule has 1 N–H and O–H groups in total. The Morgan fingerprint density at radius 2 is 1.96 bits per heavy atom. The third-order valence-corrected chi connectivity index (χ3v) is 5.39. The first-order valence-corrected chi connectivity index (χ1v) is 9.78. The van der Waals surface area contributed by atoms with Crippen LogP contribution in [0.1, 0.15) is 20.8 Å². The van der Waals surface area contributed by atoms with E-state index in [1.54, 1.807) is 42.5 Å². The SMILES string of the molecule is O=C(/C=C/c1ccc(-c2ccccc2[N+](=O)[O-])s1)c1ccc(O)c(CCCl)c1. The Morgan fingerprint density at radius 3 is 2.71 bits per heavy atom. The van der Waals surface area contributed by atoms with Gasteiger partial charge in [-0.05, 0) is 60.5 Å². The predicted molar refractivity (Wildman–Crippen MR) is 112 cm³/mol. The van der Waals surface area contributed by atoms with Gasteiger partial charge in [-0.3, -0.25) is 14.9 Å². The minimum atomic E-state index is -0.405. The van der Waals surface area contributed by atoms with Crippen LogP contribution >= 0.6 is 22.9 Å². The number of carbonyl (C=O) groups excluding carboxylic acids is 1. The standard InChI is InChI=1S/C21H16ClNO4S/c22-12-11-15-13-14(5-8-19(15)24)20(25)9-6-16-7-10-21(28-16)17-3-1-2-4-18(17)23(26)27/h1-10,13,24H,11-12H2/b9-6+. The topological polar surface area (TPSA) is 80.4 Å². The van der Waals surface area contributed by atoms with Crippen molar-refractivity contribution in [2.24, 2.45) is 0 Å². The zero-order chi connectivity index (χ0) is 20.1. The van der Waals surface area contributed by atoms with Gasteiger partial charge >= 0.3 is 0 Å². The molecule has 0 fully saturated rings. The first-order valence-electron chi connectivity index (χ1n) is 8.43. The van der Waals surface area contributed by atoms with Gasteiger partial charge in [-0.1, -0.05) is 12.1 Å². The highest BCUT2D eigenvalue weighted by molar-refractivity contribution is 7.16. The fraction of sp³-hybridized carbons (Fsp3) is 0.0952. The second-order valence-corrected chi connectivity index (χ2v) is 7.45. The number of benzene rings is 2. The molecule has 2 aromatic carbocycles. The highest BCUT2D eigenvalue weighted by atomic mass is 35.5. The fourth-order valence-electron chi connectivity index (χ4n) is 2.72. The van der Waals surface area contributed by atoms with Crippen molar-refractivity contribution in [3.05, 3.63) is 86.8 Å². The zero-order valence-electron chi connectivity index (χ0n) is 14.7. The van der Waals surface area contributed by atoms with Gasteiger partial charge in [-0.15, -0.1) is 22.9 Å². The molecule has 1 aromatic heterocycles. The number of hydrogen-bond donors (Lipinski definition) is 1. The van der Waals surface area contributed by atoms with E-state index in [-0.39, 0.29) is 17.2 Å². The third kappa shape index (κ3) is 4.47. The second-order valence-electron chi connectivity index (χ2n) is 5.96. The molecule has 0 bridgehead atoms. The largest absolute Gasteiger partial charge is 0.508 e. The maximum absolute atomic E-state index is 12.4. The van der Waals surface area contributed by atoms with Crippen molar-refractivity contribution < 1.29 is 14.8 Å². The molecule has 0 saturated heterocycles. The smallest absolute Gasteiger partial charge is 0.278 e. The van der Waals surface area contributed by atoms with E-state index in [0.29, 0.717) is 29.0 Å². The van der Waals surface area contributed by atoms with Crippen LogP contribution in [0, 0.1) is 10.1 Å². The highest BCUT2D eigenvalue weighted by Crippen LogP contribution is 2.35. The van der Waals surface area contributed by atoms with E-state index in [4.69, 9.17) is 11.6 Å². The highest BCUT2D eigenvalue weighted by Gasteiger charge is 2.15. The average Bonchev–Trinajstić information content (AvgIpc) is 3.17. The molecule has 3 aromatic rings. The van der Waals surface area contributed by atoms with Crippen LogP contribution in [0.25, 0.3) is 16.5 Å². The number of hydrogen-bond acceptors (Lipinski definition) is 5. The van der Waals surface area contributed by atoms with Crippen LogP contribution < -0.4 is 0 Å². The molecule has 0 aliphatic rings. The summed E-state index contributed by atoms with van der Waals surface area (Å²) in [6.45, 7) is 0. The van der Waals surface area contributed by atoms with Crippen LogP contribution in [0.3, 0.4) is 0 Å². The van der Waals surface area contributed by atoms with Gasteiger partial charge in [0, 0.05) is 27.3 Å². The number of nitro benzene ring substituents is 1. The number of alkyl halides is 1. The van der Waals surface area contributed by atoms with E-state index in [2.05, 4.69) is 0 Å². The van der Waals surface area contributed by atoms with Crippen LogP contribution in [-0.2, 0) is 6.42 Å². The van der Waals surface area contributed by atoms with Gasteiger partial charge in [0.2, 0.25) is 0 Å². The summed E-state index contributed by atoms with van der Waals surface area (Å²) >= 11 is 7.08. The number of carbonyl (C=O) groups is 1. The first-order chi connectivity index (χ1) is 13.5. The summed E-state index contributed by atoms with van der Waals surface area (Å²) in [4.78, 5) is 24.8. The summed E-state index contributed by atoms with van der Waals surface area (Å²) in [7, 11) is 0. The van der Waals surface area contributed by atoms with Crippen LogP contribution in [0.4, 0.5) is 5.69 Å². The lowest BCUT2D eigenvalue weighted by Crippen LogP contribution is -1.97. The van der Waals surface area contributed by atoms with Crippen LogP contribution in [-0.4, -0.2) is 21.7 Å². The summed E-state index contributed by atoms with van der Waals surface area (Å²) in [6, 6.07) is 14.9. The lowest BCUT2D eigenvalue weighted by molar-refractivity contribution is -0.384. The number of phenolic OH excluding ortho intramolecular Hbond substituents is 1. The third-order valence-electron chi connectivity index (χ3n) is 4.12. The molecule has 0 saturated carbocycles. The molecular formula is C21H16ClNO4S. The van der Waals surface area contributed by atoms with Crippen molar-refractivity contribution in [3.8, 4) is 16.2 Å². The Kier molecular flexibility index (Phi) is 6.23. The Labute approximate surface area is 170 Å².